The summed E-state index contributed by atoms with van der Waals surface area (Å²) >= 11 is 0. The molecule has 1 aliphatic rings. The number of methoxy groups -OCH3 is 1. The SMILES string of the molecule is CCC1CCC(NC(=O)C(C)OC)(C(=O)O)CC1. The van der Waals surface area contributed by atoms with E-state index >= 15 is 0 Å². The third-order valence-corrected chi connectivity index (χ3v) is 4.03. The van der Waals surface area contributed by atoms with Crippen molar-refractivity contribution in [3.63, 3.8) is 0 Å². The lowest BCUT2D eigenvalue weighted by Gasteiger charge is -2.37. The van der Waals surface area contributed by atoms with Crippen molar-refractivity contribution in [1.82, 2.24) is 5.32 Å². The van der Waals surface area contributed by atoms with Crippen LogP contribution in [0.3, 0.4) is 0 Å². The van der Waals surface area contributed by atoms with Crippen LogP contribution in [0.25, 0.3) is 0 Å². The first-order valence-corrected chi connectivity index (χ1v) is 6.53. The van der Waals surface area contributed by atoms with Gasteiger partial charge in [-0.2, -0.15) is 0 Å². The Bertz CT molecular complexity index is 308. The molecule has 0 spiro atoms. The molecule has 0 aromatic rings. The number of nitrogens with one attached hydrogen (secondary N) is 1. The highest BCUT2D eigenvalue weighted by molar-refractivity contribution is 5.89. The zero-order chi connectivity index (χ0) is 13.8. The molecule has 5 nitrogen and oxygen atoms in total. The second-order valence-corrected chi connectivity index (χ2v) is 5.11. The molecule has 0 aromatic heterocycles. The first kappa shape index (κ1) is 15.0. The minimum atomic E-state index is -1.10. The monoisotopic (exact) mass is 257 g/mol. The number of carbonyl (C=O) groups excluding carboxylic acids is 1. The van der Waals surface area contributed by atoms with Crippen molar-refractivity contribution in [3.8, 4) is 0 Å². The number of hydrogen-bond acceptors (Lipinski definition) is 3. The van der Waals surface area contributed by atoms with E-state index in [9.17, 15) is 14.7 Å². The Labute approximate surface area is 108 Å². The quantitative estimate of drug-likeness (QED) is 0.783. The molecule has 1 atom stereocenters. The number of rotatable bonds is 5. The molecule has 1 saturated carbocycles. The van der Waals surface area contributed by atoms with Crippen LogP contribution >= 0.6 is 0 Å². The van der Waals surface area contributed by atoms with Gasteiger partial charge in [-0.1, -0.05) is 13.3 Å². The molecule has 18 heavy (non-hydrogen) atoms. The first-order valence-electron chi connectivity index (χ1n) is 6.53. The van der Waals surface area contributed by atoms with E-state index in [0.717, 1.165) is 19.3 Å². The topological polar surface area (TPSA) is 75.6 Å². The Morgan fingerprint density at radius 3 is 2.39 bits per heavy atom. The molecule has 1 aliphatic carbocycles. The Kier molecular flexibility index (Phi) is 5.14. The summed E-state index contributed by atoms with van der Waals surface area (Å²) in [4.78, 5) is 23.3. The predicted octanol–water partition coefficient (Wildman–Crippen LogP) is 1.56. The fraction of sp³-hybridized carbons (Fsp3) is 0.846. The molecule has 1 fully saturated rings. The van der Waals surface area contributed by atoms with Gasteiger partial charge < -0.3 is 15.2 Å². The van der Waals surface area contributed by atoms with Gasteiger partial charge in [-0.05, 0) is 38.5 Å². The Balaban J connectivity index is 2.71. The van der Waals surface area contributed by atoms with Gasteiger partial charge in [0.05, 0.1) is 0 Å². The van der Waals surface area contributed by atoms with Crippen molar-refractivity contribution in [2.24, 2.45) is 5.92 Å². The number of hydrogen-bond donors (Lipinski definition) is 2. The minimum absolute atomic E-state index is 0.352. The molecule has 0 aliphatic heterocycles. The lowest BCUT2D eigenvalue weighted by Crippen LogP contribution is -2.58. The summed E-state index contributed by atoms with van der Waals surface area (Å²) in [6, 6.07) is 0. The maximum atomic E-state index is 11.8. The molecule has 0 radical (unpaired) electrons. The highest BCUT2D eigenvalue weighted by atomic mass is 16.5. The normalized spacial score (nSPS) is 29.6. The molecule has 0 saturated heterocycles. The van der Waals surface area contributed by atoms with Crippen LogP contribution in [0.2, 0.25) is 0 Å². The second kappa shape index (κ2) is 6.18. The number of carbonyl (C=O) groups is 2. The van der Waals surface area contributed by atoms with E-state index in [1.807, 2.05) is 0 Å². The summed E-state index contributed by atoms with van der Waals surface area (Å²) < 4.78 is 4.92. The van der Waals surface area contributed by atoms with E-state index in [2.05, 4.69) is 12.2 Å². The van der Waals surface area contributed by atoms with Gasteiger partial charge in [-0.3, -0.25) is 4.79 Å². The largest absolute Gasteiger partial charge is 0.480 e. The molecule has 1 amide bonds. The van der Waals surface area contributed by atoms with Crippen LogP contribution in [0.5, 0.6) is 0 Å². The molecule has 0 bridgehead atoms. The highest BCUT2D eigenvalue weighted by Crippen LogP contribution is 2.34. The number of aliphatic carboxylic acids is 1. The average molecular weight is 257 g/mol. The van der Waals surface area contributed by atoms with Gasteiger partial charge in [0.15, 0.2) is 0 Å². The van der Waals surface area contributed by atoms with Gasteiger partial charge in [0.2, 0.25) is 5.91 Å². The maximum Gasteiger partial charge on any atom is 0.329 e. The zero-order valence-corrected chi connectivity index (χ0v) is 11.4. The van der Waals surface area contributed by atoms with E-state index < -0.39 is 17.6 Å². The number of carboxylic acid groups (broad SMARTS) is 1. The third-order valence-electron chi connectivity index (χ3n) is 4.03. The van der Waals surface area contributed by atoms with Crippen molar-refractivity contribution in [1.29, 1.82) is 0 Å². The van der Waals surface area contributed by atoms with Gasteiger partial charge in [0.1, 0.15) is 11.6 Å². The van der Waals surface area contributed by atoms with Gasteiger partial charge in [0, 0.05) is 7.11 Å². The summed E-state index contributed by atoms with van der Waals surface area (Å²) in [5.41, 5.74) is -1.10. The summed E-state index contributed by atoms with van der Waals surface area (Å²) in [6.45, 7) is 3.73. The molecule has 0 aromatic carbocycles. The van der Waals surface area contributed by atoms with Crippen molar-refractivity contribution < 1.29 is 19.4 Å². The van der Waals surface area contributed by atoms with Gasteiger partial charge in [0.25, 0.3) is 0 Å². The Morgan fingerprint density at radius 1 is 1.44 bits per heavy atom. The third kappa shape index (κ3) is 3.22. The molecule has 0 heterocycles. The number of amides is 1. The maximum absolute atomic E-state index is 11.8. The van der Waals surface area contributed by atoms with Crippen LogP contribution in [0, 0.1) is 5.92 Å². The standard InChI is InChI=1S/C13H23NO4/c1-4-10-5-7-13(8-6-10,12(16)17)14-11(15)9(2)18-3/h9-10H,4-8H2,1-3H3,(H,14,15)(H,16,17). The molecular weight excluding hydrogens is 234 g/mol. The van der Waals surface area contributed by atoms with Crippen molar-refractivity contribution in [3.05, 3.63) is 0 Å². The van der Waals surface area contributed by atoms with Crippen LogP contribution in [0.1, 0.15) is 46.0 Å². The van der Waals surface area contributed by atoms with Gasteiger partial charge >= 0.3 is 5.97 Å². The van der Waals surface area contributed by atoms with Gasteiger partial charge in [-0.25, -0.2) is 4.79 Å². The van der Waals surface area contributed by atoms with Gasteiger partial charge in [-0.15, -0.1) is 0 Å². The Hall–Kier alpha value is -1.10. The van der Waals surface area contributed by atoms with E-state index in [-0.39, 0.29) is 5.91 Å². The van der Waals surface area contributed by atoms with Crippen LogP contribution in [-0.2, 0) is 14.3 Å². The fourth-order valence-electron chi connectivity index (χ4n) is 2.42. The molecule has 1 rings (SSSR count). The molecule has 5 heteroatoms. The molecule has 104 valence electrons. The zero-order valence-electron chi connectivity index (χ0n) is 11.4. The predicted molar refractivity (Wildman–Crippen MR) is 67.2 cm³/mol. The fourth-order valence-corrected chi connectivity index (χ4v) is 2.42. The molecule has 1 unspecified atom stereocenters. The van der Waals surface area contributed by atoms with E-state index in [1.165, 1.54) is 7.11 Å². The van der Waals surface area contributed by atoms with E-state index in [1.54, 1.807) is 6.92 Å². The summed E-state index contributed by atoms with van der Waals surface area (Å²) in [6.07, 6.45) is 3.16. The molecule has 2 N–H and O–H groups in total. The van der Waals surface area contributed by atoms with Crippen molar-refractivity contribution >= 4 is 11.9 Å². The Morgan fingerprint density at radius 2 is 2.00 bits per heavy atom. The summed E-state index contributed by atoms with van der Waals surface area (Å²) in [5, 5.41) is 12.1. The van der Waals surface area contributed by atoms with E-state index in [4.69, 9.17) is 4.74 Å². The summed E-state index contributed by atoms with van der Waals surface area (Å²) in [5.74, 6) is -0.710. The van der Waals surface area contributed by atoms with Crippen molar-refractivity contribution in [2.75, 3.05) is 7.11 Å². The van der Waals surface area contributed by atoms with Crippen LogP contribution in [-0.4, -0.2) is 35.7 Å². The van der Waals surface area contributed by atoms with E-state index in [0.29, 0.717) is 18.8 Å². The van der Waals surface area contributed by atoms with Crippen LogP contribution in [0.15, 0.2) is 0 Å². The van der Waals surface area contributed by atoms with Crippen LogP contribution < -0.4 is 5.32 Å². The average Bonchev–Trinajstić information content (AvgIpc) is 2.38. The lowest BCUT2D eigenvalue weighted by atomic mass is 9.75. The smallest absolute Gasteiger partial charge is 0.329 e. The first-order chi connectivity index (χ1) is 8.45. The second-order valence-electron chi connectivity index (χ2n) is 5.11. The number of carboxylic acids is 1. The highest BCUT2D eigenvalue weighted by Gasteiger charge is 2.43. The minimum Gasteiger partial charge on any atom is -0.480 e. The molecular formula is C13H23NO4. The summed E-state index contributed by atoms with van der Waals surface area (Å²) in [7, 11) is 1.44. The van der Waals surface area contributed by atoms with Crippen molar-refractivity contribution in [2.45, 2.75) is 57.6 Å². The van der Waals surface area contributed by atoms with Crippen LogP contribution in [0.4, 0.5) is 0 Å². The number of ether oxygens (including phenoxy) is 1. The lowest BCUT2D eigenvalue weighted by molar-refractivity contribution is -0.151.